The first-order chi connectivity index (χ1) is 10.1. The summed E-state index contributed by atoms with van der Waals surface area (Å²) in [5, 5.41) is 12.1. The number of aromatic nitrogens is 3. The van der Waals surface area contributed by atoms with Gasteiger partial charge in [0.25, 0.3) is 0 Å². The van der Waals surface area contributed by atoms with Gasteiger partial charge in [0.15, 0.2) is 5.82 Å². The van der Waals surface area contributed by atoms with E-state index in [-0.39, 0.29) is 0 Å². The quantitative estimate of drug-likeness (QED) is 0.558. The lowest BCUT2D eigenvalue weighted by Crippen LogP contribution is -2.11. The van der Waals surface area contributed by atoms with Gasteiger partial charge in [0.05, 0.1) is 4.88 Å². The van der Waals surface area contributed by atoms with Crippen molar-refractivity contribution in [3.8, 4) is 10.7 Å². The first-order valence-electron chi connectivity index (χ1n) is 5.96. The lowest BCUT2D eigenvalue weighted by molar-refractivity contribution is 0.850. The highest BCUT2D eigenvalue weighted by atomic mass is 35.5. The molecule has 3 rings (SSSR count). The molecule has 2 aromatic heterocycles. The Labute approximate surface area is 139 Å². The fourth-order valence-electron chi connectivity index (χ4n) is 1.73. The normalized spacial score (nSPS) is 11.0. The Bertz CT molecular complexity index is 756. The Hall–Kier alpha value is -1.21. The molecule has 8 heteroatoms. The SMILES string of the molecule is Nn1c(SCc2ccc(Cl)cc2Cl)nnc1-c1cccs1. The van der Waals surface area contributed by atoms with E-state index >= 15 is 0 Å². The molecule has 21 heavy (non-hydrogen) atoms. The van der Waals surface area contributed by atoms with Crippen molar-refractivity contribution >= 4 is 46.3 Å². The van der Waals surface area contributed by atoms with Crippen LogP contribution in [0, 0.1) is 0 Å². The van der Waals surface area contributed by atoms with Gasteiger partial charge in [-0.25, -0.2) is 4.68 Å². The predicted molar refractivity (Wildman–Crippen MR) is 89.5 cm³/mol. The maximum Gasteiger partial charge on any atom is 0.210 e. The van der Waals surface area contributed by atoms with E-state index in [2.05, 4.69) is 10.2 Å². The highest BCUT2D eigenvalue weighted by Gasteiger charge is 2.13. The van der Waals surface area contributed by atoms with E-state index in [1.165, 1.54) is 16.4 Å². The Morgan fingerprint density at radius 2 is 2.10 bits per heavy atom. The summed E-state index contributed by atoms with van der Waals surface area (Å²) in [4.78, 5) is 0.987. The van der Waals surface area contributed by atoms with E-state index in [0.717, 1.165) is 10.4 Å². The molecular weight excluding hydrogens is 347 g/mol. The van der Waals surface area contributed by atoms with Crippen molar-refractivity contribution in [1.82, 2.24) is 14.9 Å². The Morgan fingerprint density at radius 3 is 2.81 bits per heavy atom. The Morgan fingerprint density at radius 1 is 1.24 bits per heavy atom. The van der Waals surface area contributed by atoms with Crippen molar-refractivity contribution in [3.63, 3.8) is 0 Å². The summed E-state index contributed by atoms with van der Waals surface area (Å²) in [7, 11) is 0. The van der Waals surface area contributed by atoms with Crippen molar-refractivity contribution in [1.29, 1.82) is 0 Å². The summed E-state index contributed by atoms with van der Waals surface area (Å²) in [6, 6.07) is 9.35. The van der Waals surface area contributed by atoms with Crippen LogP contribution in [0.3, 0.4) is 0 Å². The van der Waals surface area contributed by atoms with Crippen LogP contribution < -0.4 is 5.84 Å². The molecule has 2 heterocycles. The van der Waals surface area contributed by atoms with Crippen LogP contribution in [0.2, 0.25) is 10.0 Å². The molecule has 0 bridgehead atoms. The van der Waals surface area contributed by atoms with Crippen molar-refractivity contribution in [2.75, 3.05) is 5.84 Å². The van der Waals surface area contributed by atoms with E-state index in [0.29, 0.717) is 26.8 Å². The number of nitrogen functional groups attached to an aromatic ring is 1. The topological polar surface area (TPSA) is 56.7 Å². The molecular formula is C13H10Cl2N4S2. The summed E-state index contributed by atoms with van der Waals surface area (Å²) >= 11 is 15.1. The molecule has 2 N–H and O–H groups in total. The van der Waals surface area contributed by atoms with Crippen LogP contribution in [0.4, 0.5) is 0 Å². The predicted octanol–water partition coefficient (Wildman–Crippen LogP) is 4.32. The Balaban J connectivity index is 1.77. The van der Waals surface area contributed by atoms with Gasteiger partial charge in [-0.3, -0.25) is 0 Å². The van der Waals surface area contributed by atoms with E-state index < -0.39 is 0 Å². The monoisotopic (exact) mass is 356 g/mol. The van der Waals surface area contributed by atoms with Gasteiger partial charge in [0, 0.05) is 15.8 Å². The molecule has 0 atom stereocenters. The Kier molecular flexibility index (Phi) is 4.40. The minimum absolute atomic E-state index is 0.621. The number of nitrogens with two attached hydrogens (primary N) is 1. The molecule has 0 fully saturated rings. The van der Waals surface area contributed by atoms with Crippen LogP contribution >= 0.6 is 46.3 Å². The molecule has 0 aliphatic heterocycles. The average molecular weight is 357 g/mol. The number of nitrogens with zero attached hydrogens (tertiary/aromatic N) is 3. The van der Waals surface area contributed by atoms with Gasteiger partial charge in [-0.2, -0.15) is 0 Å². The maximum absolute atomic E-state index is 6.15. The molecule has 4 nitrogen and oxygen atoms in total. The highest BCUT2D eigenvalue weighted by Crippen LogP contribution is 2.29. The van der Waals surface area contributed by atoms with Crippen LogP contribution in [-0.4, -0.2) is 14.9 Å². The molecule has 1 aromatic carbocycles. The van der Waals surface area contributed by atoms with Crippen molar-refractivity contribution in [2.45, 2.75) is 10.9 Å². The molecule has 3 aromatic rings. The second-order valence-corrected chi connectivity index (χ2v) is 6.91. The molecule has 0 aliphatic carbocycles. The van der Waals surface area contributed by atoms with Gasteiger partial charge in [-0.1, -0.05) is 47.1 Å². The van der Waals surface area contributed by atoms with Crippen LogP contribution in [0.1, 0.15) is 5.56 Å². The molecule has 108 valence electrons. The van der Waals surface area contributed by atoms with Crippen LogP contribution in [-0.2, 0) is 5.75 Å². The van der Waals surface area contributed by atoms with E-state index in [4.69, 9.17) is 29.0 Å². The number of hydrogen-bond donors (Lipinski definition) is 1. The van der Waals surface area contributed by atoms with Crippen LogP contribution in [0.25, 0.3) is 10.7 Å². The smallest absolute Gasteiger partial charge is 0.210 e. The largest absolute Gasteiger partial charge is 0.335 e. The first kappa shape index (κ1) is 14.7. The molecule has 0 spiro atoms. The molecule has 0 aliphatic rings. The lowest BCUT2D eigenvalue weighted by Gasteiger charge is -2.05. The maximum atomic E-state index is 6.15. The summed E-state index contributed by atoms with van der Waals surface area (Å²) < 4.78 is 1.50. The van der Waals surface area contributed by atoms with Gasteiger partial charge in [0.1, 0.15) is 0 Å². The summed E-state index contributed by atoms with van der Waals surface area (Å²) in [6.45, 7) is 0. The third-order valence-electron chi connectivity index (χ3n) is 2.78. The number of hydrogen-bond acceptors (Lipinski definition) is 5. The van der Waals surface area contributed by atoms with Crippen LogP contribution in [0.5, 0.6) is 0 Å². The highest BCUT2D eigenvalue weighted by molar-refractivity contribution is 7.98. The van der Waals surface area contributed by atoms with Crippen molar-refractivity contribution in [2.24, 2.45) is 0 Å². The van der Waals surface area contributed by atoms with Crippen molar-refractivity contribution in [3.05, 3.63) is 51.3 Å². The second-order valence-electron chi connectivity index (χ2n) is 4.18. The number of rotatable bonds is 4. The van der Waals surface area contributed by atoms with E-state index in [9.17, 15) is 0 Å². The standard InChI is InChI=1S/C13H10Cl2N4S2/c14-9-4-3-8(10(15)6-9)7-21-13-18-17-12(19(13)16)11-2-1-5-20-11/h1-6H,7,16H2. The summed E-state index contributed by atoms with van der Waals surface area (Å²) in [5.74, 6) is 7.35. The molecule has 0 saturated heterocycles. The number of thiophene rings is 1. The zero-order valence-corrected chi connectivity index (χ0v) is 13.8. The fourth-order valence-corrected chi connectivity index (χ4v) is 3.85. The zero-order valence-electron chi connectivity index (χ0n) is 10.7. The minimum atomic E-state index is 0.621. The molecule has 0 saturated carbocycles. The van der Waals surface area contributed by atoms with E-state index in [1.54, 1.807) is 17.4 Å². The minimum Gasteiger partial charge on any atom is -0.335 e. The number of benzene rings is 1. The summed E-state index contributed by atoms with van der Waals surface area (Å²) in [6.07, 6.45) is 0. The first-order valence-corrected chi connectivity index (χ1v) is 8.58. The van der Waals surface area contributed by atoms with Gasteiger partial charge >= 0.3 is 0 Å². The average Bonchev–Trinajstić information content (AvgIpc) is 3.08. The number of halogens is 2. The van der Waals surface area contributed by atoms with E-state index in [1.807, 2.05) is 29.6 Å². The lowest BCUT2D eigenvalue weighted by atomic mass is 10.2. The molecule has 0 amide bonds. The number of thioether (sulfide) groups is 1. The third-order valence-corrected chi connectivity index (χ3v) is 5.22. The van der Waals surface area contributed by atoms with Gasteiger partial charge in [-0.05, 0) is 29.1 Å². The molecule has 0 radical (unpaired) electrons. The van der Waals surface area contributed by atoms with Gasteiger partial charge < -0.3 is 5.84 Å². The summed E-state index contributed by atoms with van der Waals surface area (Å²) in [5.41, 5.74) is 0.978. The zero-order chi connectivity index (χ0) is 14.8. The third kappa shape index (κ3) is 3.18. The second kappa shape index (κ2) is 6.27. The fraction of sp³-hybridized carbons (Fsp3) is 0.0769. The van der Waals surface area contributed by atoms with Gasteiger partial charge in [0.2, 0.25) is 5.16 Å². The van der Waals surface area contributed by atoms with Crippen molar-refractivity contribution < 1.29 is 0 Å². The molecule has 0 unspecified atom stereocenters. The van der Waals surface area contributed by atoms with Gasteiger partial charge in [-0.15, -0.1) is 21.5 Å². The van der Waals surface area contributed by atoms with Crippen LogP contribution in [0.15, 0.2) is 40.9 Å².